The first-order valence-corrected chi connectivity index (χ1v) is 7.00. The van der Waals surface area contributed by atoms with Crippen LogP contribution in [-0.4, -0.2) is 33.1 Å². The second kappa shape index (κ2) is 6.83. The maximum Gasteiger partial charge on any atom is 0.253 e. The number of H-pyrrole nitrogens is 1. The first-order chi connectivity index (χ1) is 10.1. The molecule has 0 bridgehead atoms. The van der Waals surface area contributed by atoms with Crippen LogP contribution in [0.4, 0.5) is 5.69 Å². The molecule has 0 spiro atoms. The van der Waals surface area contributed by atoms with Gasteiger partial charge in [-0.25, -0.2) is 0 Å². The van der Waals surface area contributed by atoms with Crippen LogP contribution in [0, 0.1) is 6.92 Å². The van der Waals surface area contributed by atoms with E-state index in [1.165, 1.54) is 0 Å². The first kappa shape index (κ1) is 15.0. The molecule has 0 aliphatic heterocycles. The van der Waals surface area contributed by atoms with Gasteiger partial charge in [-0.1, -0.05) is 23.8 Å². The molecular weight excluding hydrogens is 268 g/mol. The summed E-state index contributed by atoms with van der Waals surface area (Å²) in [6, 6.07) is 5.47. The Morgan fingerprint density at radius 1 is 1.43 bits per heavy atom. The van der Waals surface area contributed by atoms with Crippen molar-refractivity contribution in [3.63, 3.8) is 0 Å². The Hall–Kier alpha value is -2.44. The Labute approximate surface area is 123 Å². The van der Waals surface area contributed by atoms with Crippen molar-refractivity contribution >= 4 is 11.6 Å². The van der Waals surface area contributed by atoms with E-state index < -0.39 is 0 Å². The number of hydrogen-bond acceptors (Lipinski definition) is 5. The lowest BCUT2D eigenvalue weighted by Crippen LogP contribution is -2.28. The monoisotopic (exact) mass is 288 g/mol. The first-order valence-electron chi connectivity index (χ1n) is 7.00. The van der Waals surface area contributed by atoms with Crippen LogP contribution in [0.25, 0.3) is 0 Å². The highest BCUT2D eigenvalue weighted by atomic mass is 16.1. The van der Waals surface area contributed by atoms with Gasteiger partial charge in [-0.05, 0) is 32.4 Å². The van der Waals surface area contributed by atoms with Crippen LogP contribution in [0.3, 0.4) is 0 Å². The van der Waals surface area contributed by atoms with E-state index in [0.717, 1.165) is 24.2 Å². The second-order valence-electron chi connectivity index (χ2n) is 4.94. The molecule has 1 heterocycles. The largest absolute Gasteiger partial charge is 0.384 e. The summed E-state index contributed by atoms with van der Waals surface area (Å²) >= 11 is 0. The predicted octanol–water partition coefficient (Wildman–Crippen LogP) is 1.82. The number of anilines is 1. The minimum atomic E-state index is -0.309. The molecule has 7 nitrogen and oxygen atoms in total. The van der Waals surface area contributed by atoms with Gasteiger partial charge in [-0.3, -0.25) is 4.79 Å². The second-order valence-corrected chi connectivity index (χ2v) is 4.94. The van der Waals surface area contributed by atoms with Gasteiger partial charge in [0.05, 0.1) is 11.6 Å². The highest BCUT2D eigenvalue weighted by Crippen LogP contribution is 2.18. The van der Waals surface area contributed by atoms with Crippen LogP contribution in [0.1, 0.15) is 48.1 Å². The van der Waals surface area contributed by atoms with E-state index >= 15 is 0 Å². The molecular formula is C14H20N6O. The van der Waals surface area contributed by atoms with Gasteiger partial charge in [-0.15, -0.1) is 10.2 Å². The Balaban J connectivity index is 2.15. The third-order valence-corrected chi connectivity index (χ3v) is 3.08. The molecule has 2 rings (SSSR count). The van der Waals surface area contributed by atoms with Gasteiger partial charge in [-0.2, -0.15) is 5.21 Å². The van der Waals surface area contributed by atoms with E-state index in [2.05, 4.69) is 38.2 Å². The molecule has 1 aromatic heterocycles. The van der Waals surface area contributed by atoms with Crippen molar-refractivity contribution in [3.8, 4) is 0 Å². The Morgan fingerprint density at radius 3 is 2.90 bits per heavy atom. The SMILES string of the molecule is CCCNc1ccc(C)cc1C(=O)NC(C)c1nn[nH]n1. The van der Waals surface area contributed by atoms with Crippen LogP contribution in [0.5, 0.6) is 0 Å². The number of rotatable bonds is 6. The Morgan fingerprint density at radius 2 is 2.24 bits per heavy atom. The number of amides is 1. The number of aryl methyl sites for hydroxylation is 1. The van der Waals surface area contributed by atoms with Crippen molar-refractivity contribution in [1.82, 2.24) is 25.9 Å². The molecule has 1 aromatic carbocycles. The van der Waals surface area contributed by atoms with Crippen molar-refractivity contribution in [2.45, 2.75) is 33.2 Å². The van der Waals surface area contributed by atoms with E-state index in [0.29, 0.717) is 11.4 Å². The summed E-state index contributed by atoms with van der Waals surface area (Å²) in [5, 5.41) is 19.8. The van der Waals surface area contributed by atoms with E-state index in [9.17, 15) is 4.79 Å². The van der Waals surface area contributed by atoms with Gasteiger partial charge >= 0.3 is 0 Å². The molecule has 0 aliphatic carbocycles. The van der Waals surface area contributed by atoms with Gasteiger partial charge in [0.25, 0.3) is 5.91 Å². The average Bonchev–Trinajstić information content (AvgIpc) is 3.00. The summed E-state index contributed by atoms with van der Waals surface area (Å²) in [5.74, 6) is 0.300. The molecule has 1 amide bonds. The Bertz CT molecular complexity index is 596. The summed E-state index contributed by atoms with van der Waals surface area (Å²) in [6.45, 7) is 6.68. The molecule has 0 radical (unpaired) electrons. The number of tetrazole rings is 1. The molecule has 1 unspecified atom stereocenters. The molecule has 0 aliphatic rings. The molecule has 2 aromatic rings. The van der Waals surface area contributed by atoms with E-state index in [1.54, 1.807) is 0 Å². The molecule has 3 N–H and O–H groups in total. The third-order valence-electron chi connectivity index (χ3n) is 3.08. The number of aromatic nitrogens is 4. The maximum absolute atomic E-state index is 12.4. The van der Waals surface area contributed by atoms with Gasteiger partial charge in [0, 0.05) is 12.2 Å². The zero-order chi connectivity index (χ0) is 15.2. The minimum absolute atomic E-state index is 0.158. The lowest BCUT2D eigenvalue weighted by atomic mass is 10.1. The van der Waals surface area contributed by atoms with Crippen LogP contribution in [-0.2, 0) is 0 Å². The summed E-state index contributed by atoms with van der Waals surface area (Å²) < 4.78 is 0. The normalized spacial score (nSPS) is 12.0. The Kier molecular flexibility index (Phi) is 4.86. The van der Waals surface area contributed by atoms with E-state index in [-0.39, 0.29) is 11.9 Å². The van der Waals surface area contributed by atoms with E-state index in [4.69, 9.17) is 0 Å². The number of hydrogen-bond donors (Lipinski definition) is 3. The van der Waals surface area contributed by atoms with Crippen LogP contribution < -0.4 is 10.6 Å². The fraction of sp³-hybridized carbons (Fsp3) is 0.429. The molecule has 0 saturated heterocycles. The molecule has 112 valence electrons. The smallest absolute Gasteiger partial charge is 0.253 e. The highest BCUT2D eigenvalue weighted by Gasteiger charge is 2.17. The standard InChI is InChI=1S/C14H20N6O/c1-4-7-15-12-6-5-9(2)8-11(12)14(21)16-10(3)13-17-19-20-18-13/h5-6,8,10,15H,4,7H2,1-3H3,(H,16,21)(H,17,18,19,20). The van der Waals surface area contributed by atoms with Crippen molar-refractivity contribution < 1.29 is 4.79 Å². The van der Waals surface area contributed by atoms with Crippen molar-refractivity contribution in [2.75, 3.05) is 11.9 Å². The van der Waals surface area contributed by atoms with Crippen molar-refractivity contribution in [2.24, 2.45) is 0 Å². The zero-order valence-electron chi connectivity index (χ0n) is 12.5. The lowest BCUT2D eigenvalue weighted by Gasteiger charge is -2.15. The quantitative estimate of drug-likeness (QED) is 0.753. The molecule has 21 heavy (non-hydrogen) atoms. The van der Waals surface area contributed by atoms with Crippen molar-refractivity contribution in [1.29, 1.82) is 0 Å². The summed E-state index contributed by atoms with van der Waals surface area (Å²) in [6.07, 6.45) is 0.994. The average molecular weight is 288 g/mol. The van der Waals surface area contributed by atoms with Crippen LogP contribution in [0.15, 0.2) is 18.2 Å². The minimum Gasteiger partial charge on any atom is -0.384 e. The van der Waals surface area contributed by atoms with Gasteiger partial charge < -0.3 is 10.6 Å². The summed E-state index contributed by atoms with van der Waals surface area (Å²) in [4.78, 5) is 12.4. The van der Waals surface area contributed by atoms with Gasteiger partial charge in [0.1, 0.15) is 0 Å². The fourth-order valence-electron chi connectivity index (χ4n) is 1.95. The number of aromatic amines is 1. The molecule has 0 fully saturated rings. The number of benzene rings is 1. The van der Waals surface area contributed by atoms with E-state index in [1.807, 2.05) is 32.0 Å². The number of nitrogens with one attached hydrogen (secondary N) is 3. The third kappa shape index (κ3) is 3.77. The zero-order valence-corrected chi connectivity index (χ0v) is 12.5. The maximum atomic E-state index is 12.4. The van der Waals surface area contributed by atoms with Crippen molar-refractivity contribution in [3.05, 3.63) is 35.2 Å². The molecule has 7 heteroatoms. The highest BCUT2D eigenvalue weighted by molar-refractivity contribution is 6.00. The predicted molar refractivity (Wildman–Crippen MR) is 80.0 cm³/mol. The van der Waals surface area contributed by atoms with Gasteiger partial charge in [0.2, 0.25) is 0 Å². The van der Waals surface area contributed by atoms with Gasteiger partial charge in [0.15, 0.2) is 5.82 Å². The fourth-order valence-corrected chi connectivity index (χ4v) is 1.95. The summed E-state index contributed by atoms with van der Waals surface area (Å²) in [5.41, 5.74) is 2.49. The number of nitrogens with zero attached hydrogens (tertiary/aromatic N) is 3. The van der Waals surface area contributed by atoms with Crippen LogP contribution in [0.2, 0.25) is 0 Å². The number of carbonyl (C=O) groups excluding carboxylic acids is 1. The molecule has 0 saturated carbocycles. The topological polar surface area (TPSA) is 95.6 Å². The lowest BCUT2D eigenvalue weighted by molar-refractivity contribution is 0.0939. The van der Waals surface area contributed by atoms with Crippen LogP contribution >= 0.6 is 0 Å². The summed E-state index contributed by atoms with van der Waals surface area (Å²) in [7, 11) is 0. The molecule has 1 atom stereocenters. The number of carbonyl (C=O) groups is 1.